The van der Waals surface area contributed by atoms with Crippen molar-refractivity contribution < 1.29 is 9.63 Å². The Balaban J connectivity index is 2.33. The summed E-state index contributed by atoms with van der Waals surface area (Å²) in [5.74, 6) is 0.683. The normalized spacial score (nSPS) is 13.0. The molecule has 0 bridgehead atoms. The van der Waals surface area contributed by atoms with Crippen LogP contribution in [0, 0.1) is 0 Å². The molecule has 2 rings (SSSR count). The fourth-order valence-electron chi connectivity index (χ4n) is 1.27. The van der Waals surface area contributed by atoms with Crippen LogP contribution in [0.1, 0.15) is 6.92 Å². The number of hydrogen-bond donors (Lipinski definition) is 2. The van der Waals surface area contributed by atoms with E-state index in [1.807, 2.05) is 31.2 Å². The van der Waals surface area contributed by atoms with Crippen molar-refractivity contribution in [3.05, 3.63) is 24.3 Å². The Hall–Kier alpha value is -1.55. The van der Waals surface area contributed by atoms with Crippen molar-refractivity contribution in [2.45, 2.75) is 13.0 Å². The van der Waals surface area contributed by atoms with Gasteiger partial charge in [0.15, 0.2) is 11.4 Å². The summed E-state index contributed by atoms with van der Waals surface area (Å²) < 4.78 is 5.10. The Labute approximate surface area is 81.5 Å². The Morgan fingerprint density at radius 1 is 1.50 bits per heavy atom. The number of anilines is 1. The van der Waals surface area contributed by atoms with Gasteiger partial charge in [0.25, 0.3) is 0 Å². The van der Waals surface area contributed by atoms with Crippen LogP contribution in [0.5, 0.6) is 0 Å². The van der Waals surface area contributed by atoms with Gasteiger partial charge in [0.2, 0.25) is 0 Å². The van der Waals surface area contributed by atoms with Crippen molar-refractivity contribution in [1.82, 2.24) is 5.16 Å². The van der Waals surface area contributed by atoms with Crippen molar-refractivity contribution in [2.75, 3.05) is 11.9 Å². The molecule has 0 spiro atoms. The highest BCUT2D eigenvalue weighted by Gasteiger charge is 2.08. The lowest BCUT2D eigenvalue weighted by Gasteiger charge is -2.08. The van der Waals surface area contributed by atoms with Crippen LogP contribution in [0.25, 0.3) is 11.0 Å². The van der Waals surface area contributed by atoms with E-state index in [4.69, 9.17) is 9.63 Å². The van der Waals surface area contributed by atoms with Gasteiger partial charge in [-0.15, -0.1) is 0 Å². The summed E-state index contributed by atoms with van der Waals surface area (Å²) in [7, 11) is 0. The number of benzene rings is 1. The molecule has 0 saturated carbocycles. The lowest BCUT2D eigenvalue weighted by atomic mass is 10.2. The minimum Gasteiger partial charge on any atom is -0.394 e. The number of aliphatic hydroxyl groups is 1. The molecular formula is C10H12N2O2. The van der Waals surface area contributed by atoms with Crippen LogP contribution in [0.3, 0.4) is 0 Å². The van der Waals surface area contributed by atoms with Crippen LogP contribution in [-0.4, -0.2) is 22.9 Å². The molecule has 1 atom stereocenters. The minimum atomic E-state index is -0.0245. The van der Waals surface area contributed by atoms with Gasteiger partial charge in [-0.05, 0) is 19.1 Å². The first-order chi connectivity index (χ1) is 6.81. The lowest BCUT2D eigenvalue weighted by molar-refractivity contribution is 0.281. The van der Waals surface area contributed by atoms with Crippen LogP contribution in [0.4, 0.5) is 5.82 Å². The average Bonchev–Trinajstić information content (AvgIpc) is 2.62. The number of aromatic nitrogens is 1. The number of aliphatic hydroxyl groups excluding tert-OH is 1. The second-order valence-electron chi connectivity index (χ2n) is 3.26. The number of fused-ring (bicyclic) bond motifs is 1. The summed E-state index contributed by atoms with van der Waals surface area (Å²) in [4.78, 5) is 0. The van der Waals surface area contributed by atoms with Gasteiger partial charge in [-0.3, -0.25) is 0 Å². The van der Waals surface area contributed by atoms with E-state index >= 15 is 0 Å². The van der Waals surface area contributed by atoms with E-state index in [0.717, 1.165) is 11.0 Å². The van der Waals surface area contributed by atoms with Gasteiger partial charge in [0.1, 0.15) is 0 Å². The van der Waals surface area contributed by atoms with Crippen molar-refractivity contribution in [3.8, 4) is 0 Å². The topological polar surface area (TPSA) is 58.3 Å². The van der Waals surface area contributed by atoms with Gasteiger partial charge < -0.3 is 14.9 Å². The SMILES string of the molecule is C[C@@H](CO)Nc1noc2ccccc12. The third-order valence-electron chi connectivity index (χ3n) is 2.03. The summed E-state index contributed by atoms with van der Waals surface area (Å²) in [5, 5.41) is 16.8. The molecule has 4 nitrogen and oxygen atoms in total. The number of rotatable bonds is 3. The van der Waals surface area contributed by atoms with Gasteiger partial charge in [0, 0.05) is 6.04 Å². The fourth-order valence-corrected chi connectivity index (χ4v) is 1.27. The van der Waals surface area contributed by atoms with Crippen molar-refractivity contribution in [2.24, 2.45) is 0 Å². The Morgan fingerprint density at radius 2 is 2.29 bits per heavy atom. The Bertz CT molecular complexity index is 425. The van der Waals surface area contributed by atoms with E-state index in [2.05, 4.69) is 10.5 Å². The number of para-hydroxylation sites is 1. The summed E-state index contributed by atoms with van der Waals surface area (Å²) in [6, 6.07) is 7.58. The summed E-state index contributed by atoms with van der Waals surface area (Å²) in [5.41, 5.74) is 0.750. The second kappa shape index (κ2) is 3.67. The average molecular weight is 192 g/mol. The molecule has 74 valence electrons. The molecule has 2 N–H and O–H groups in total. The maximum absolute atomic E-state index is 8.88. The molecular weight excluding hydrogens is 180 g/mol. The van der Waals surface area contributed by atoms with E-state index in [1.165, 1.54) is 0 Å². The molecule has 0 aliphatic carbocycles. The molecule has 2 aromatic rings. The van der Waals surface area contributed by atoms with Gasteiger partial charge in [0.05, 0.1) is 12.0 Å². The molecule has 0 aliphatic heterocycles. The standard InChI is InChI=1S/C10H12N2O2/c1-7(6-13)11-10-8-4-2-3-5-9(8)14-12-10/h2-5,7,13H,6H2,1H3,(H,11,12)/t7-/m0/s1. The molecule has 0 saturated heterocycles. The van der Waals surface area contributed by atoms with Crippen molar-refractivity contribution >= 4 is 16.8 Å². The molecule has 0 unspecified atom stereocenters. The maximum atomic E-state index is 8.88. The van der Waals surface area contributed by atoms with Crippen LogP contribution in [0.15, 0.2) is 28.8 Å². The van der Waals surface area contributed by atoms with Gasteiger partial charge >= 0.3 is 0 Å². The van der Waals surface area contributed by atoms with E-state index < -0.39 is 0 Å². The van der Waals surface area contributed by atoms with Crippen molar-refractivity contribution in [3.63, 3.8) is 0 Å². The lowest BCUT2D eigenvalue weighted by Crippen LogP contribution is -2.19. The zero-order valence-electron chi connectivity index (χ0n) is 7.90. The number of hydrogen-bond acceptors (Lipinski definition) is 4. The Morgan fingerprint density at radius 3 is 3.07 bits per heavy atom. The first kappa shape index (κ1) is 9.02. The third-order valence-corrected chi connectivity index (χ3v) is 2.03. The number of nitrogens with one attached hydrogen (secondary N) is 1. The highest BCUT2D eigenvalue weighted by Crippen LogP contribution is 2.22. The molecule has 0 radical (unpaired) electrons. The van der Waals surface area contributed by atoms with Gasteiger partial charge in [-0.1, -0.05) is 17.3 Å². The molecule has 0 amide bonds. The summed E-state index contributed by atoms with van der Waals surface area (Å²) in [6.45, 7) is 1.95. The molecule has 14 heavy (non-hydrogen) atoms. The second-order valence-corrected chi connectivity index (χ2v) is 3.26. The van der Waals surface area contributed by atoms with Crippen LogP contribution < -0.4 is 5.32 Å². The molecule has 0 aliphatic rings. The van der Waals surface area contributed by atoms with Crippen LogP contribution in [0.2, 0.25) is 0 Å². The molecule has 4 heteroatoms. The third kappa shape index (κ3) is 1.56. The molecule has 1 aromatic carbocycles. The van der Waals surface area contributed by atoms with Crippen LogP contribution >= 0.6 is 0 Å². The van der Waals surface area contributed by atoms with E-state index in [-0.39, 0.29) is 12.6 Å². The molecule has 1 aromatic heterocycles. The Kier molecular flexibility index (Phi) is 2.37. The maximum Gasteiger partial charge on any atom is 0.177 e. The minimum absolute atomic E-state index is 0.0245. The molecule has 1 heterocycles. The zero-order chi connectivity index (χ0) is 9.97. The first-order valence-electron chi connectivity index (χ1n) is 4.53. The quantitative estimate of drug-likeness (QED) is 0.775. The van der Waals surface area contributed by atoms with E-state index in [0.29, 0.717) is 5.82 Å². The smallest absolute Gasteiger partial charge is 0.177 e. The highest BCUT2D eigenvalue weighted by atomic mass is 16.5. The predicted molar refractivity (Wildman–Crippen MR) is 54.2 cm³/mol. The summed E-state index contributed by atoms with van der Waals surface area (Å²) in [6.07, 6.45) is 0. The zero-order valence-corrected chi connectivity index (χ0v) is 7.90. The highest BCUT2D eigenvalue weighted by molar-refractivity contribution is 5.87. The largest absolute Gasteiger partial charge is 0.394 e. The number of nitrogens with zero attached hydrogens (tertiary/aromatic N) is 1. The first-order valence-corrected chi connectivity index (χ1v) is 4.53. The van der Waals surface area contributed by atoms with Gasteiger partial charge in [-0.2, -0.15) is 0 Å². The van der Waals surface area contributed by atoms with Crippen molar-refractivity contribution in [1.29, 1.82) is 0 Å². The monoisotopic (exact) mass is 192 g/mol. The van der Waals surface area contributed by atoms with Gasteiger partial charge in [-0.25, -0.2) is 0 Å². The fraction of sp³-hybridized carbons (Fsp3) is 0.300. The van der Waals surface area contributed by atoms with Crippen LogP contribution in [-0.2, 0) is 0 Å². The predicted octanol–water partition coefficient (Wildman–Crippen LogP) is 1.62. The van der Waals surface area contributed by atoms with E-state index in [1.54, 1.807) is 0 Å². The summed E-state index contributed by atoms with van der Waals surface area (Å²) >= 11 is 0. The molecule has 0 fully saturated rings. The van der Waals surface area contributed by atoms with E-state index in [9.17, 15) is 0 Å².